The van der Waals surface area contributed by atoms with Gasteiger partial charge in [0, 0.05) is 53.2 Å². The van der Waals surface area contributed by atoms with E-state index in [0.717, 1.165) is 39.8 Å². The summed E-state index contributed by atoms with van der Waals surface area (Å²) in [7, 11) is 0. The summed E-state index contributed by atoms with van der Waals surface area (Å²) in [5, 5.41) is 0. The molecule has 0 N–H and O–H groups in total. The van der Waals surface area contributed by atoms with Gasteiger partial charge in [-0.2, -0.15) is 0 Å². The summed E-state index contributed by atoms with van der Waals surface area (Å²) in [5.41, 5.74) is 0.157. The zero-order valence-corrected chi connectivity index (χ0v) is 20.2. The van der Waals surface area contributed by atoms with Crippen molar-refractivity contribution in [3.05, 3.63) is 47.5 Å². The smallest absolute Gasteiger partial charge is 0.308 e. The van der Waals surface area contributed by atoms with Crippen molar-refractivity contribution in [2.45, 2.75) is 47.1 Å². The topological polar surface area (TPSA) is 149 Å². The number of carbonyl (C=O) groups excluding carboxylic acids is 6. The van der Waals surface area contributed by atoms with Crippen molar-refractivity contribution in [1.82, 2.24) is 0 Å². The van der Waals surface area contributed by atoms with E-state index in [1.165, 1.54) is 19.1 Å². The van der Waals surface area contributed by atoms with E-state index in [4.69, 9.17) is 23.7 Å². The van der Waals surface area contributed by atoms with E-state index < -0.39 is 41.7 Å². The molecule has 36 heavy (non-hydrogen) atoms. The second kappa shape index (κ2) is 12.2. The van der Waals surface area contributed by atoms with E-state index in [-0.39, 0.29) is 35.0 Å². The highest BCUT2D eigenvalue weighted by Gasteiger charge is 2.31. The summed E-state index contributed by atoms with van der Waals surface area (Å²) >= 11 is 0. The van der Waals surface area contributed by atoms with E-state index in [2.05, 4.69) is 0 Å². The maximum absolute atomic E-state index is 13.6. The van der Waals surface area contributed by atoms with E-state index in [0.29, 0.717) is 5.56 Å². The molecule has 11 heteroatoms. The molecule has 2 aromatic carbocycles. The molecule has 0 radical (unpaired) electrons. The molecule has 0 fully saturated rings. The normalized spacial score (nSPS) is 11.0. The Kier molecular flexibility index (Phi) is 9.42. The molecule has 0 spiro atoms. The quantitative estimate of drug-likeness (QED) is 0.284. The minimum atomic E-state index is -1.43. The van der Waals surface area contributed by atoms with E-state index in [1.54, 1.807) is 12.1 Å². The second-order valence-corrected chi connectivity index (χ2v) is 7.48. The van der Waals surface area contributed by atoms with Crippen LogP contribution in [-0.4, -0.2) is 41.7 Å². The number of carbonyl (C=O) groups is 6. The molecule has 0 bridgehead atoms. The Balaban J connectivity index is 2.57. The first-order chi connectivity index (χ1) is 16.8. The van der Waals surface area contributed by atoms with Gasteiger partial charge in [0.2, 0.25) is 5.78 Å². The number of esters is 5. The molecule has 1 atom stereocenters. The summed E-state index contributed by atoms with van der Waals surface area (Å²) in [6, 6.07) is 8.31. The average molecular weight is 500 g/mol. The molecule has 0 aliphatic heterocycles. The third kappa shape index (κ3) is 8.35. The van der Waals surface area contributed by atoms with Gasteiger partial charge >= 0.3 is 29.8 Å². The average Bonchev–Trinajstić information content (AvgIpc) is 2.72. The van der Waals surface area contributed by atoms with Crippen molar-refractivity contribution in [3.8, 4) is 23.0 Å². The predicted molar refractivity (Wildman–Crippen MR) is 122 cm³/mol. The Hall–Kier alpha value is -4.54. The largest absolute Gasteiger partial charge is 0.454 e. The van der Waals surface area contributed by atoms with Crippen LogP contribution in [0.15, 0.2) is 36.4 Å². The lowest BCUT2D eigenvalue weighted by atomic mass is 9.97. The zero-order chi connectivity index (χ0) is 27.0. The van der Waals surface area contributed by atoms with Crippen molar-refractivity contribution >= 4 is 35.6 Å². The number of ketones is 1. The fourth-order valence-electron chi connectivity index (χ4n) is 3.13. The lowest BCUT2D eigenvalue weighted by Crippen LogP contribution is -2.30. The van der Waals surface area contributed by atoms with Crippen LogP contribution in [0.5, 0.6) is 23.0 Å². The predicted octanol–water partition coefficient (Wildman–Crippen LogP) is 2.74. The summed E-state index contributed by atoms with van der Waals surface area (Å²) in [4.78, 5) is 71.4. The Morgan fingerprint density at radius 3 is 1.47 bits per heavy atom. The molecule has 11 nitrogen and oxygen atoms in total. The number of ether oxygens (including phenoxy) is 5. The zero-order valence-electron chi connectivity index (χ0n) is 20.2. The summed E-state index contributed by atoms with van der Waals surface area (Å²) in [6.07, 6.45) is -1.55. The van der Waals surface area contributed by atoms with Gasteiger partial charge in [-0.25, -0.2) is 0 Å². The molecule has 0 saturated heterocycles. The van der Waals surface area contributed by atoms with Gasteiger partial charge in [0.05, 0.1) is 0 Å². The number of benzene rings is 2. The number of hydrogen-bond acceptors (Lipinski definition) is 11. The Morgan fingerprint density at radius 2 is 1.06 bits per heavy atom. The van der Waals surface area contributed by atoms with Gasteiger partial charge in [0.15, 0.2) is 6.10 Å². The Morgan fingerprint density at radius 1 is 0.611 bits per heavy atom. The highest BCUT2D eigenvalue weighted by Crippen LogP contribution is 2.36. The fraction of sp³-hybridized carbons (Fsp3) is 0.280. The molecule has 190 valence electrons. The number of rotatable bonds is 9. The first-order valence-electron chi connectivity index (χ1n) is 10.6. The first-order valence-corrected chi connectivity index (χ1v) is 10.6. The highest BCUT2D eigenvalue weighted by atomic mass is 16.6. The lowest BCUT2D eigenvalue weighted by Gasteiger charge is -2.20. The monoisotopic (exact) mass is 500 g/mol. The van der Waals surface area contributed by atoms with E-state index in [9.17, 15) is 28.8 Å². The van der Waals surface area contributed by atoms with Gasteiger partial charge in [0.25, 0.3) is 0 Å². The molecule has 2 aromatic rings. The SMILES string of the molecule is CC(=O)Oc1ccc(CC(OC(C)=O)C(=O)c2c(OC(C)=O)cc(OC(C)=O)cc2OC(C)=O)cc1. The summed E-state index contributed by atoms with van der Waals surface area (Å²) in [5.74, 6) is -5.11. The van der Waals surface area contributed by atoms with Crippen LogP contribution in [0.25, 0.3) is 0 Å². The molecule has 0 amide bonds. The van der Waals surface area contributed by atoms with Crippen LogP contribution < -0.4 is 18.9 Å². The lowest BCUT2D eigenvalue weighted by molar-refractivity contribution is -0.144. The van der Waals surface area contributed by atoms with Crippen molar-refractivity contribution in [1.29, 1.82) is 0 Å². The second-order valence-electron chi connectivity index (χ2n) is 7.48. The minimum absolute atomic E-state index is 0.122. The molecular weight excluding hydrogens is 476 g/mol. The summed E-state index contributed by atoms with van der Waals surface area (Å²) < 4.78 is 25.5. The van der Waals surface area contributed by atoms with Crippen LogP contribution in [0.3, 0.4) is 0 Å². The van der Waals surface area contributed by atoms with Gasteiger partial charge in [0.1, 0.15) is 28.6 Å². The van der Waals surface area contributed by atoms with Crippen LogP contribution in [0.2, 0.25) is 0 Å². The molecular formula is C25H24O11. The van der Waals surface area contributed by atoms with Gasteiger partial charge in [-0.05, 0) is 17.7 Å². The first kappa shape index (κ1) is 27.7. The van der Waals surface area contributed by atoms with Crippen molar-refractivity contribution in [2.75, 3.05) is 0 Å². The Bertz CT molecular complexity index is 1160. The molecule has 0 saturated carbocycles. The van der Waals surface area contributed by atoms with Crippen LogP contribution in [0, 0.1) is 0 Å². The standard InChI is InChI=1S/C25H24O11/c1-13(26)32-19-8-6-18(7-9-19)10-23(36-17(5)30)25(31)24-21(34-15(3)28)11-20(33-14(2)27)12-22(24)35-16(4)29/h6-9,11-12,23H,10H2,1-5H3. The molecule has 1 unspecified atom stereocenters. The fourth-order valence-corrected chi connectivity index (χ4v) is 3.13. The van der Waals surface area contributed by atoms with E-state index in [1.807, 2.05) is 0 Å². The third-order valence-electron chi connectivity index (χ3n) is 4.26. The van der Waals surface area contributed by atoms with E-state index >= 15 is 0 Å². The van der Waals surface area contributed by atoms with Crippen LogP contribution >= 0.6 is 0 Å². The van der Waals surface area contributed by atoms with Gasteiger partial charge in [-0.3, -0.25) is 28.8 Å². The minimum Gasteiger partial charge on any atom is -0.454 e. The maximum atomic E-state index is 13.6. The Labute approximate surface area is 206 Å². The molecule has 2 rings (SSSR count). The van der Waals surface area contributed by atoms with Crippen molar-refractivity contribution in [2.24, 2.45) is 0 Å². The van der Waals surface area contributed by atoms with Gasteiger partial charge in [-0.15, -0.1) is 0 Å². The van der Waals surface area contributed by atoms with Crippen molar-refractivity contribution in [3.63, 3.8) is 0 Å². The third-order valence-corrected chi connectivity index (χ3v) is 4.26. The highest BCUT2D eigenvalue weighted by molar-refractivity contribution is 6.06. The summed E-state index contributed by atoms with van der Waals surface area (Å²) in [6.45, 7) is 5.63. The van der Waals surface area contributed by atoms with Crippen molar-refractivity contribution < 1.29 is 52.5 Å². The molecule has 0 heterocycles. The molecule has 0 aromatic heterocycles. The van der Waals surface area contributed by atoms with Crippen LogP contribution in [0.1, 0.15) is 50.5 Å². The number of hydrogen-bond donors (Lipinski definition) is 0. The maximum Gasteiger partial charge on any atom is 0.308 e. The van der Waals surface area contributed by atoms with Gasteiger partial charge in [-0.1, -0.05) is 12.1 Å². The molecule has 0 aliphatic carbocycles. The number of Topliss-reactive ketones (excluding diaryl/α,β-unsaturated/α-hetero) is 1. The molecule has 0 aliphatic rings. The van der Waals surface area contributed by atoms with Gasteiger partial charge < -0.3 is 23.7 Å². The van der Waals surface area contributed by atoms with Crippen LogP contribution in [-0.2, 0) is 35.1 Å². The van der Waals surface area contributed by atoms with Crippen LogP contribution in [0.4, 0.5) is 0 Å².